The lowest BCUT2D eigenvalue weighted by Gasteiger charge is -2.30. The zero-order chi connectivity index (χ0) is 13.9. The number of thiazole rings is 1. The van der Waals surface area contributed by atoms with Crippen LogP contribution in [-0.2, 0) is 11.8 Å². The molecule has 0 saturated heterocycles. The molecule has 0 saturated carbocycles. The summed E-state index contributed by atoms with van der Waals surface area (Å²) in [5.74, 6) is -0.159. The van der Waals surface area contributed by atoms with Gasteiger partial charge in [-0.2, -0.15) is 0 Å². The van der Waals surface area contributed by atoms with Crippen molar-refractivity contribution in [1.29, 1.82) is 0 Å². The molecular formula is C14H14Br2FNS. The third-order valence-electron chi connectivity index (χ3n) is 3.14. The molecule has 1 nitrogen and oxygen atoms in total. The molecule has 102 valence electrons. The van der Waals surface area contributed by atoms with Crippen LogP contribution in [0.25, 0.3) is 0 Å². The van der Waals surface area contributed by atoms with Crippen molar-refractivity contribution in [2.45, 2.75) is 18.8 Å². The molecule has 1 aromatic heterocycles. The van der Waals surface area contributed by atoms with E-state index in [4.69, 9.17) is 0 Å². The maximum Gasteiger partial charge on any atom is 0.127 e. The maximum atomic E-state index is 14.1. The summed E-state index contributed by atoms with van der Waals surface area (Å²) in [4.78, 5) is 4.50. The van der Waals surface area contributed by atoms with E-state index < -0.39 is 0 Å². The molecule has 1 aromatic carbocycles. The second-order valence-electron chi connectivity index (χ2n) is 4.56. The van der Waals surface area contributed by atoms with Crippen molar-refractivity contribution >= 4 is 43.2 Å². The largest absolute Gasteiger partial charge is 0.247 e. The molecule has 0 N–H and O–H groups in total. The summed E-state index contributed by atoms with van der Waals surface area (Å²) in [6, 6.07) is 6.97. The molecule has 2 rings (SSSR count). The van der Waals surface area contributed by atoms with Crippen molar-refractivity contribution in [3.05, 3.63) is 51.7 Å². The summed E-state index contributed by atoms with van der Waals surface area (Å²) in [7, 11) is 0. The summed E-state index contributed by atoms with van der Waals surface area (Å²) in [5.41, 5.74) is 1.44. The van der Waals surface area contributed by atoms with Crippen LogP contribution in [0.5, 0.6) is 0 Å². The zero-order valence-corrected chi connectivity index (χ0v) is 14.5. The van der Waals surface area contributed by atoms with Crippen LogP contribution in [0, 0.1) is 12.7 Å². The third-order valence-corrected chi connectivity index (χ3v) is 6.11. The zero-order valence-electron chi connectivity index (χ0n) is 10.5. The Morgan fingerprint density at radius 2 is 1.95 bits per heavy atom. The van der Waals surface area contributed by atoms with Gasteiger partial charge in [-0.05, 0) is 18.6 Å². The van der Waals surface area contributed by atoms with Crippen LogP contribution in [0.4, 0.5) is 4.39 Å². The highest BCUT2D eigenvalue weighted by Crippen LogP contribution is 2.34. The number of halogens is 3. The first-order valence-corrected chi connectivity index (χ1v) is 9.01. The standard InChI is InChI=1S/C14H14Br2FNS/c1-10-18-11(7-19-10)6-14(8-15,9-16)12-4-2-3-5-13(12)17/h2-5,7H,6,8-9H2,1H3. The Labute approximate surface area is 133 Å². The molecule has 5 heteroatoms. The average Bonchev–Trinajstić information content (AvgIpc) is 2.82. The first-order chi connectivity index (χ1) is 9.11. The Balaban J connectivity index is 2.40. The molecule has 0 radical (unpaired) electrons. The van der Waals surface area contributed by atoms with Crippen molar-refractivity contribution in [2.24, 2.45) is 0 Å². The van der Waals surface area contributed by atoms with E-state index in [1.807, 2.05) is 19.1 Å². The highest BCUT2D eigenvalue weighted by atomic mass is 79.9. The third kappa shape index (κ3) is 3.26. The molecule has 19 heavy (non-hydrogen) atoms. The van der Waals surface area contributed by atoms with E-state index >= 15 is 0 Å². The molecule has 0 aliphatic rings. The number of aryl methyl sites for hydroxylation is 1. The van der Waals surface area contributed by atoms with Crippen molar-refractivity contribution in [3.63, 3.8) is 0 Å². The number of aromatic nitrogens is 1. The smallest absolute Gasteiger partial charge is 0.127 e. The van der Waals surface area contributed by atoms with E-state index in [0.29, 0.717) is 10.7 Å². The van der Waals surface area contributed by atoms with Crippen LogP contribution >= 0.6 is 43.2 Å². The van der Waals surface area contributed by atoms with Crippen molar-refractivity contribution in [3.8, 4) is 0 Å². The van der Waals surface area contributed by atoms with Gasteiger partial charge >= 0.3 is 0 Å². The van der Waals surface area contributed by atoms with Gasteiger partial charge < -0.3 is 0 Å². The van der Waals surface area contributed by atoms with E-state index in [-0.39, 0.29) is 11.2 Å². The van der Waals surface area contributed by atoms with Crippen molar-refractivity contribution in [2.75, 3.05) is 10.7 Å². The van der Waals surface area contributed by atoms with Gasteiger partial charge in [-0.1, -0.05) is 50.1 Å². The maximum absolute atomic E-state index is 14.1. The van der Waals surface area contributed by atoms with Crippen LogP contribution in [0.3, 0.4) is 0 Å². The highest BCUT2D eigenvalue weighted by molar-refractivity contribution is 9.09. The van der Waals surface area contributed by atoms with E-state index in [2.05, 4.69) is 42.2 Å². The lowest BCUT2D eigenvalue weighted by Crippen LogP contribution is -2.34. The van der Waals surface area contributed by atoms with Gasteiger partial charge in [0.15, 0.2) is 0 Å². The predicted octanol–water partition coefficient (Wildman–Crippen LogP) is 4.86. The lowest BCUT2D eigenvalue weighted by molar-refractivity contribution is 0.497. The van der Waals surface area contributed by atoms with Gasteiger partial charge in [0.25, 0.3) is 0 Å². The minimum Gasteiger partial charge on any atom is -0.247 e. The normalized spacial score (nSPS) is 11.8. The second-order valence-corrected chi connectivity index (χ2v) is 6.75. The summed E-state index contributed by atoms with van der Waals surface area (Å²) in [6.45, 7) is 1.99. The molecule has 0 bridgehead atoms. The summed E-state index contributed by atoms with van der Waals surface area (Å²) in [6.07, 6.45) is 0.717. The van der Waals surface area contributed by atoms with Crippen LogP contribution in [-0.4, -0.2) is 15.6 Å². The van der Waals surface area contributed by atoms with E-state index in [1.54, 1.807) is 17.4 Å². The second kappa shape index (κ2) is 6.46. The SMILES string of the molecule is Cc1nc(CC(CBr)(CBr)c2ccccc2F)cs1. The van der Waals surface area contributed by atoms with E-state index in [0.717, 1.165) is 22.7 Å². The first-order valence-electron chi connectivity index (χ1n) is 5.89. The van der Waals surface area contributed by atoms with Gasteiger partial charge in [0.1, 0.15) is 5.82 Å². The fourth-order valence-corrected chi connectivity index (χ4v) is 4.64. The summed E-state index contributed by atoms with van der Waals surface area (Å²) < 4.78 is 14.1. The summed E-state index contributed by atoms with van der Waals surface area (Å²) in [5, 5.41) is 4.46. The number of hydrogen-bond acceptors (Lipinski definition) is 2. The number of nitrogens with zero attached hydrogens (tertiary/aromatic N) is 1. The molecule has 1 heterocycles. The fourth-order valence-electron chi connectivity index (χ4n) is 2.10. The van der Waals surface area contributed by atoms with Crippen LogP contribution in [0.1, 0.15) is 16.3 Å². The molecule has 0 aliphatic carbocycles. The monoisotopic (exact) mass is 405 g/mol. The molecule has 0 spiro atoms. The summed E-state index contributed by atoms with van der Waals surface area (Å²) >= 11 is 8.72. The van der Waals surface area contributed by atoms with Gasteiger partial charge in [-0.25, -0.2) is 9.37 Å². The number of hydrogen-bond donors (Lipinski definition) is 0. The quantitative estimate of drug-likeness (QED) is 0.646. The number of alkyl halides is 2. The lowest BCUT2D eigenvalue weighted by atomic mass is 9.80. The van der Waals surface area contributed by atoms with Crippen molar-refractivity contribution < 1.29 is 4.39 Å². The average molecular weight is 407 g/mol. The Kier molecular flexibility index (Phi) is 5.15. The Morgan fingerprint density at radius 1 is 1.26 bits per heavy atom. The Morgan fingerprint density at radius 3 is 2.47 bits per heavy atom. The van der Waals surface area contributed by atoms with Crippen LogP contribution in [0.15, 0.2) is 29.6 Å². The Bertz CT molecular complexity index is 552. The van der Waals surface area contributed by atoms with Gasteiger partial charge in [0, 0.05) is 27.9 Å². The molecule has 0 aliphatic heterocycles. The minimum absolute atomic E-state index is 0.159. The van der Waals surface area contributed by atoms with Gasteiger partial charge in [-0.15, -0.1) is 11.3 Å². The molecule has 0 amide bonds. The van der Waals surface area contributed by atoms with Crippen molar-refractivity contribution in [1.82, 2.24) is 4.98 Å². The van der Waals surface area contributed by atoms with Gasteiger partial charge in [0.05, 0.1) is 10.7 Å². The number of rotatable bonds is 5. The first kappa shape index (κ1) is 15.1. The molecule has 0 fully saturated rings. The van der Waals surface area contributed by atoms with E-state index in [1.165, 1.54) is 6.07 Å². The van der Waals surface area contributed by atoms with Gasteiger partial charge in [0.2, 0.25) is 0 Å². The number of benzene rings is 1. The molecule has 0 atom stereocenters. The van der Waals surface area contributed by atoms with E-state index in [9.17, 15) is 4.39 Å². The molecule has 0 unspecified atom stereocenters. The Hall–Kier alpha value is -0.260. The minimum atomic E-state index is -0.314. The highest BCUT2D eigenvalue weighted by Gasteiger charge is 2.33. The molecular weight excluding hydrogens is 393 g/mol. The predicted molar refractivity (Wildman–Crippen MR) is 86.2 cm³/mol. The molecule has 2 aromatic rings. The van der Waals surface area contributed by atoms with Crippen LogP contribution in [0.2, 0.25) is 0 Å². The van der Waals surface area contributed by atoms with Gasteiger partial charge in [-0.3, -0.25) is 0 Å². The fraction of sp³-hybridized carbons (Fsp3) is 0.357. The topological polar surface area (TPSA) is 12.9 Å². The van der Waals surface area contributed by atoms with Crippen LogP contribution < -0.4 is 0 Å².